The van der Waals surface area contributed by atoms with Crippen molar-refractivity contribution in [1.29, 1.82) is 0 Å². The Morgan fingerprint density at radius 2 is 1.67 bits per heavy atom. The van der Waals surface area contributed by atoms with E-state index in [1.807, 2.05) is 0 Å². The predicted octanol–water partition coefficient (Wildman–Crippen LogP) is 3.78. The van der Waals surface area contributed by atoms with E-state index >= 15 is 0 Å². The van der Waals surface area contributed by atoms with E-state index in [4.69, 9.17) is 17.3 Å². The molecule has 3 rings (SSSR count). The van der Waals surface area contributed by atoms with Crippen molar-refractivity contribution in [2.45, 2.75) is 16.0 Å². The summed E-state index contributed by atoms with van der Waals surface area (Å²) < 4.78 is 54.4. The zero-order valence-corrected chi connectivity index (χ0v) is 18.6. The predicted molar refractivity (Wildman–Crippen MR) is 117 cm³/mol. The number of halogens is 1. The van der Waals surface area contributed by atoms with E-state index in [-0.39, 0.29) is 26.0 Å². The number of primary amides is 1. The van der Waals surface area contributed by atoms with Crippen molar-refractivity contribution < 1.29 is 21.6 Å². The average molecular weight is 486 g/mol. The quantitative estimate of drug-likeness (QED) is 0.549. The minimum atomic E-state index is -4.32. The summed E-state index contributed by atoms with van der Waals surface area (Å²) in [6.45, 7) is 1.48. The Balaban J connectivity index is 2.07. The Morgan fingerprint density at radius 1 is 1.00 bits per heavy atom. The average Bonchev–Trinajstić information content (AvgIpc) is 3.12. The standard InChI is InChI=1S/C18H16ClN3O5S3/c1-12-14(21-29(24,25)17-11-10-16(19)28-17)8-5-9-15(12)22(18(20)23)30(26,27)13-6-3-2-4-7-13/h2-11,21H,1H3,(H2,20,23). The largest absolute Gasteiger partial charge is 0.350 e. The Hall–Kier alpha value is -2.60. The van der Waals surface area contributed by atoms with E-state index in [0.717, 1.165) is 11.3 Å². The number of amides is 2. The molecule has 2 amide bonds. The van der Waals surface area contributed by atoms with E-state index in [2.05, 4.69) is 4.72 Å². The van der Waals surface area contributed by atoms with E-state index in [1.54, 1.807) is 6.07 Å². The van der Waals surface area contributed by atoms with Crippen molar-refractivity contribution in [3.8, 4) is 0 Å². The molecule has 12 heteroatoms. The summed E-state index contributed by atoms with van der Waals surface area (Å²) in [4.78, 5) is 12.0. The fraction of sp³-hybridized carbons (Fsp3) is 0.0556. The number of rotatable bonds is 6. The van der Waals surface area contributed by atoms with Gasteiger partial charge in [0.25, 0.3) is 20.0 Å². The number of benzene rings is 2. The van der Waals surface area contributed by atoms with Gasteiger partial charge >= 0.3 is 6.03 Å². The second-order valence-corrected chi connectivity index (χ2v) is 11.4. The number of carbonyl (C=O) groups excluding carboxylic acids is 1. The third kappa shape index (κ3) is 4.29. The minimum Gasteiger partial charge on any atom is -0.350 e. The normalized spacial score (nSPS) is 11.8. The number of anilines is 2. The van der Waals surface area contributed by atoms with Gasteiger partial charge in [0.1, 0.15) is 4.21 Å². The SMILES string of the molecule is Cc1c(NS(=O)(=O)c2ccc(Cl)s2)cccc1N(C(N)=O)S(=O)(=O)c1ccccc1. The lowest BCUT2D eigenvalue weighted by atomic mass is 10.1. The van der Waals surface area contributed by atoms with Crippen molar-refractivity contribution in [1.82, 2.24) is 0 Å². The number of hydrogen-bond acceptors (Lipinski definition) is 6. The Bertz CT molecular complexity index is 1310. The molecule has 0 bridgehead atoms. The highest BCUT2D eigenvalue weighted by atomic mass is 35.5. The van der Waals surface area contributed by atoms with Crippen LogP contribution in [0.2, 0.25) is 4.34 Å². The van der Waals surface area contributed by atoms with Crippen LogP contribution in [0.15, 0.2) is 69.8 Å². The smallest absolute Gasteiger partial charge is 0.333 e. The van der Waals surface area contributed by atoms with Crippen LogP contribution in [0.25, 0.3) is 0 Å². The molecule has 0 saturated carbocycles. The van der Waals surface area contributed by atoms with Gasteiger partial charge in [0.2, 0.25) is 0 Å². The molecule has 2 aromatic carbocycles. The number of carbonyl (C=O) groups is 1. The summed E-state index contributed by atoms with van der Waals surface area (Å²) in [5, 5.41) is 0. The second-order valence-electron chi connectivity index (χ2n) is 6.03. The first-order valence-corrected chi connectivity index (χ1v) is 12.4. The van der Waals surface area contributed by atoms with Crippen molar-refractivity contribution in [3.63, 3.8) is 0 Å². The van der Waals surface area contributed by atoms with Gasteiger partial charge in [-0.2, -0.15) is 4.31 Å². The maximum absolute atomic E-state index is 13.0. The van der Waals surface area contributed by atoms with Gasteiger partial charge in [0, 0.05) is 0 Å². The van der Waals surface area contributed by atoms with Crippen LogP contribution in [0.1, 0.15) is 5.56 Å². The summed E-state index contributed by atoms with van der Waals surface area (Å²) in [5.74, 6) is 0. The van der Waals surface area contributed by atoms with Crippen molar-refractivity contribution >= 4 is 60.4 Å². The molecular formula is C18H16ClN3O5S3. The topological polar surface area (TPSA) is 127 Å². The molecule has 0 radical (unpaired) electrons. The highest BCUT2D eigenvalue weighted by Gasteiger charge is 2.31. The van der Waals surface area contributed by atoms with Gasteiger partial charge in [0.15, 0.2) is 0 Å². The molecule has 1 aromatic heterocycles. The lowest BCUT2D eigenvalue weighted by Gasteiger charge is -2.23. The summed E-state index contributed by atoms with van der Waals surface area (Å²) in [7, 11) is -8.28. The van der Waals surface area contributed by atoms with E-state index in [9.17, 15) is 21.6 Å². The number of urea groups is 1. The van der Waals surface area contributed by atoms with Crippen molar-refractivity contribution in [2.75, 3.05) is 9.03 Å². The van der Waals surface area contributed by atoms with Crippen molar-refractivity contribution in [3.05, 3.63) is 70.6 Å². The third-order valence-electron chi connectivity index (χ3n) is 4.06. The summed E-state index contributed by atoms with van der Waals surface area (Å²) >= 11 is 6.68. The van der Waals surface area contributed by atoms with Gasteiger partial charge in [0.05, 0.1) is 20.6 Å². The first-order chi connectivity index (χ1) is 14.0. The molecule has 3 aromatic rings. The summed E-state index contributed by atoms with van der Waals surface area (Å²) in [5.41, 5.74) is 5.60. The fourth-order valence-electron chi connectivity index (χ4n) is 2.66. The molecule has 0 aliphatic rings. The molecule has 0 fully saturated rings. The van der Waals surface area contributed by atoms with Gasteiger partial charge in [-0.1, -0.05) is 35.9 Å². The van der Waals surface area contributed by atoms with Crippen LogP contribution in [0.3, 0.4) is 0 Å². The monoisotopic (exact) mass is 485 g/mol. The van der Waals surface area contributed by atoms with Crippen LogP contribution in [0.4, 0.5) is 16.2 Å². The maximum atomic E-state index is 13.0. The Morgan fingerprint density at radius 3 is 2.23 bits per heavy atom. The number of nitrogens with one attached hydrogen (secondary N) is 1. The Labute approximate surface area is 183 Å². The number of sulfonamides is 2. The molecule has 8 nitrogen and oxygen atoms in total. The summed E-state index contributed by atoms with van der Waals surface area (Å²) in [6.07, 6.45) is 0. The molecule has 0 spiro atoms. The van der Waals surface area contributed by atoms with Crippen LogP contribution < -0.4 is 14.8 Å². The lowest BCUT2D eigenvalue weighted by molar-refractivity contribution is 0.257. The number of nitrogens with zero attached hydrogens (tertiary/aromatic N) is 1. The van der Waals surface area contributed by atoms with Crippen LogP contribution >= 0.6 is 22.9 Å². The molecule has 30 heavy (non-hydrogen) atoms. The second kappa shape index (κ2) is 8.26. The molecule has 1 heterocycles. The van der Waals surface area contributed by atoms with E-state index in [1.165, 1.54) is 61.5 Å². The van der Waals surface area contributed by atoms with Gasteiger partial charge in [-0.3, -0.25) is 4.72 Å². The zero-order valence-electron chi connectivity index (χ0n) is 15.4. The number of nitrogens with two attached hydrogens (primary N) is 1. The van der Waals surface area contributed by atoms with Crippen molar-refractivity contribution in [2.24, 2.45) is 5.73 Å². The van der Waals surface area contributed by atoms with E-state index in [0.29, 0.717) is 8.64 Å². The first-order valence-electron chi connectivity index (χ1n) is 8.31. The molecule has 0 unspecified atom stereocenters. The van der Waals surface area contributed by atoms with Gasteiger partial charge in [-0.25, -0.2) is 21.6 Å². The Kier molecular flexibility index (Phi) is 6.09. The molecule has 158 valence electrons. The third-order valence-corrected chi connectivity index (χ3v) is 8.88. The lowest BCUT2D eigenvalue weighted by Crippen LogP contribution is -2.41. The zero-order chi connectivity index (χ0) is 22.1. The molecule has 3 N–H and O–H groups in total. The highest BCUT2D eigenvalue weighted by molar-refractivity contribution is 7.94. The van der Waals surface area contributed by atoms with Gasteiger partial charge in [-0.15, -0.1) is 11.3 Å². The van der Waals surface area contributed by atoms with E-state index < -0.39 is 26.1 Å². The molecular weight excluding hydrogens is 470 g/mol. The molecule has 0 aliphatic carbocycles. The number of thiophene rings is 1. The van der Waals surface area contributed by atoms with Gasteiger partial charge in [-0.05, 0) is 48.9 Å². The van der Waals surface area contributed by atoms with Crippen LogP contribution in [-0.4, -0.2) is 22.9 Å². The molecule has 0 aliphatic heterocycles. The summed E-state index contributed by atoms with van der Waals surface area (Å²) in [6, 6.07) is 13.1. The molecule has 0 saturated heterocycles. The maximum Gasteiger partial charge on any atom is 0.333 e. The fourth-order valence-corrected chi connectivity index (χ4v) is 6.67. The first kappa shape index (κ1) is 22.1. The van der Waals surface area contributed by atoms with Crippen LogP contribution in [0, 0.1) is 6.92 Å². The van der Waals surface area contributed by atoms with Gasteiger partial charge < -0.3 is 5.73 Å². The minimum absolute atomic E-state index is 0.0130. The highest BCUT2D eigenvalue weighted by Crippen LogP contribution is 2.33. The number of hydrogen-bond donors (Lipinski definition) is 2. The molecule has 0 atom stereocenters. The van der Waals surface area contributed by atoms with Crippen LogP contribution in [0.5, 0.6) is 0 Å². The van der Waals surface area contributed by atoms with Crippen LogP contribution in [-0.2, 0) is 20.0 Å².